The van der Waals surface area contributed by atoms with E-state index in [1.165, 1.54) is 4.90 Å². The summed E-state index contributed by atoms with van der Waals surface area (Å²) in [4.78, 5) is 28.3. The first kappa shape index (κ1) is 16.2. The first-order valence-electron chi connectivity index (χ1n) is 7.73. The Morgan fingerprint density at radius 3 is 2.83 bits per heavy atom. The Hall–Kier alpha value is -1.63. The minimum Gasteiger partial charge on any atom is -0.392 e. The lowest BCUT2D eigenvalue weighted by molar-refractivity contribution is -0.138. The Labute approximate surface area is 140 Å². The molecule has 0 spiro atoms. The summed E-state index contributed by atoms with van der Waals surface area (Å²) >= 11 is 6.17. The number of nitrogens with one attached hydrogen (secondary N) is 1. The van der Waals surface area contributed by atoms with Crippen molar-refractivity contribution >= 4 is 29.1 Å². The summed E-state index contributed by atoms with van der Waals surface area (Å²) in [7, 11) is 1.65. The van der Waals surface area contributed by atoms with E-state index in [-0.39, 0.29) is 11.8 Å². The predicted molar refractivity (Wildman–Crippen MR) is 87.4 cm³/mol. The zero-order valence-electron chi connectivity index (χ0n) is 12.9. The summed E-state index contributed by atoms with van der Waals surface area (Å²) in [5.74, 6) is -0.270. The number of carbonyl (C=O) groups excluding carboxylic acids is 2. The quantitative estimate of drug-likeness (QED) is 0.848. The van der Waals surface area contributed by atoms with Crippen molar-refractivity contribution in [3.63, 3.8) is 0 Å². The molecule has 2 amide bonds. The molecule has 0 aromatic heterocycles. The number of carbonyl (C=O) groups is 2. The molecule has 0 aliphatic carbocycles. The molecule has 124 valence electrons. The molecule has 7 heteroatoms. The van der Waals surface area contributed by atoms with E-state index < -0.39 is 18.2 Å². The molecule has 1 aromatic rings. The van der Waals surface area contributed by atoms with Crippen LogP contribution >= 0.6 is 11.6 Å². The van der Waals surface area contributed by atoms with Crippen LogP contribution in [0.4, 0.5) is 5.69 Å². The molecule has 2 fully saturated rings. The van der Waals surface area contributed by atoms with Gasteiger partial charge in [-0.2, -0.15) is 0 Å². The fourth-order valence-corrected chi connectivity index (χ4v) is 3.48. The highest BCUT2D eigenvalue weighted by Crippen LogP contribution is 2.30. The van der Waals surface area contributed by atoms with Gasteiger partial charge in [0.05, 0.1) is 22.9 Å². The van der Waals surface area contributed by atoms with Gasteiger partial charge in [-0.25, -0.2) is 0 Å². The van der Waals surface area contributed by atoms with Gasteiger partial charge in [-0.05, 0) is 25.0 Å². The standard InChI is InChI=1S/C16H20ClN3O3/c1-19(15(22)12-8-10(21)9-18-12)14-6-7-20(16(14)23)13-5-3-2-4-11(13)17/h2-5,10,12,14,18,21H,6-9H2,1H3. The second kappa shape index (κ2) is 6.47. The Morgan fingerprint density at radius 2 is 2.17 bits per heavy atom. The van der Waals surface area contributed by atoms with E-state index in [1.54, 1.807) is 24.1 Å². The SMILES string of the molecule is CN(C(=O)C1CC(O)CN1)C1CCN(c2ccccc2Cl)C1=O. The van der Waals surface area contributed by atoms with E-state index in [1.807, 2.05) is 12.1 Å². The second-order valence-electron chi connectivity index (χ2n) is 6.05. The molecule has 0 bridgehead atoms. The van der Waals surface area contributed by atoms with Crippen LogP contribution in [0.25, 0.3) is 0 Å². The van der Waals surface area contributed by atoms with Crippen LogP contribution in [0.2, 0.25) is 5.02 Å². The second-order valence-corrected chi connectivity index (χ2v) is 6.45. The van der Waals surface area contributed by atoms with Crippen LogP contribution in [0.15, 0.2) is 24.3 Å². The average molecular weight is 338 g/mol. The van der Waals surface area contributed by atoms with E-state index in [4.69, 9.17) is 11.6 Å². The summed E-state index contributed by atoms with van der Waals surface area (Å²) in [5.41, 5.74) is 0.678. The predicted octanol–water partition coefficient (Wildman–Crippen LogP) is 0.627. The average Bonchev–Trinajstić information content (AvgIpc) is 3.13. The van der Waals surface area contributed by atoms with Crippen LogP contribution in [-0.2, 0) is 9.59 Å². The van der Waals surface area contributed by atoms with Crippen LogP contribution in [0.5, 0.6) is 0 Å². The first-order chi connectivity index (χ1) is 11.0. The highest BCUT2D eigenvalue weighted by Gasteiger charge is 2.40. The van der Waals surface area contributed by atoms with Crippen molar-refractivity contribution in [1.82, 2.24) is 10.2 Å². The van der Waals surface area contributed by atoms with Gasteiger partial charge in [0.1, 0.15) is 6.04 Å². The summed E-state index contributed by atoms with van der Waals surface area (Å²) in [6.45, 7) is 0.945. The van der Waals surface area contributed by atoms with E-state index in [9.17, 15) is 14.7 Å². The third-order valence-electron chi connectivity index (χ3n) is 4.54. The largest absolute Gasteiger partial charge is 0.392 e. The lowest BCUT2D eigenvalue weighted by Gasteiger charge is -2.26. The molecule has 2 N–H and O–H groups in total. The first-order valence-corrected chi connectivity index (χ1v) is 8.11. The molecule has 2 heterocycles. The highest BCUT2D eigenvalue weighted by atomic mass is 35.5. The molecular weight excluding hydrogens is 318 g/mol. The van der Waals surface area contributed by atoms with Gasteiger partial charge in [-0.1, -0.05) is 23.7 Å². The van der Waals surface area contributed by atoms with E-state index in [0.29, 0.717) is 36.6 Å². The summed E-state index contributed by atoms with van der Waals surface area (Å²) < 4.78 is 0. The van der Waals surface area contributed by atoms with Gasteiger partial charge in [-0.3, -0.25) is 9.59 Å². The number of halogens is 1. The van der Waals surface area contributed by atoms with Gasteiger partial charge < -0.3 is 20.2 Å². The molecule has 1 aromatic carbocycles. The van der Waals surface area contributed by atoms with Gasteiger partial charge >= 0.3 is 0 Å². The molecule has 3 rings (SSSR count). The minimum absolute atomic E-state index is 0.118. The molecule has 23 heavy (non-hydrogen) atoms. The lowest BCUT2D eigenvalue weighted by Crippen LogP contribution is -2.49. The van der Waals surface area contributed by atoms with E-state index in [0.717, 1.165) is 0 Å². The summed E-state index contributed by atoms with van der Waals surface area (Å²) in [6, 6.07) is 6.29. The third kappa shape index (κ3) is 3.06. The van der Waals surface area contributed by atoms with Crippen molar-refractivity contribution in [2.45, 2.75) is 31.0 Å². The van der Waals surface area contributed by atoms with Crippen molar-refractivity contribution in [1.29, 1.82) is 0 Å². The maximum atomic E-state index is 12.7. The maximum absolute atomic E-state index is 12.7. The zero-order valence-corrected chi connectivity index (χ0v) is 13.7. The lowest BCUT2D eigenvalue weighted by atomic mass is 10.1. The Morgan fingerprint density at radius 1 is 1.43 bits per heavy atom. The number of benzene rings is 1. The van der Waals surface area contributed by atoms with Crippen molar-refractivity contribution in [2.75, 3.05) is 25.0 Å². The molecule has 0 saturated carbocycles. The smallest absolute Gasteiger partial charge is 0.249 e. The number of para-hydroxylation sites is 1. The van der Waals surface area contributed by atoms with Crippen LogP contribution in [0.3, 0.4) is 0 Å². The van der Waals surface area contributed by atoms with Gasteiger partial charge in [0.2, 0.25) is 11.8 Å². The molecule has 6 nitrogen and oxygen atoms in total. The van der Waals surface area contributed by atoms with Gasteiger partial charge in [0.15, 0.2) is 0 Å². The van der Waals surface area contributed by atoms with Crippen LogP contribution < -0.4 is 10.2 Å². The Bertz CT molecular complexity index is 624. The van der Waals surface area contributed by atoms with Crippen LogP contribution in [0, 0.1) is 0 Å². The van der Waals surface area contributed by atoms with Gasteiger partial charge in [-0.15, -0.1) is 0 Å². The number of amides is 2. The number of aliphatic hydroxyl groups excluding tert-OH is 1. The van der Waals surface area contributed by atoms with Crippen LogP contribution in [0.1, 0.15) is 12.8 Å². The fraction of sp³-hybridized carbons (Fsp3) is 0.500. The van der Waals surface area contributed by atoms with E-state index in [2.05, 4.69) is 5.32 Å². The highest BCUT2D eigenvalue weighted by molar-refractivity contribution is 6.34. The zero-order chi connectivity index (χ0) is 16.6. The number of β-amino-alcohol motifs (C(OH)–C–C–N with tert-alkyl or cyclic N) is 1. The maximum Gasteiger partial charge on any atom is 0.249 e. The monoisotopic (exact) mass is 337 g/mol. The van der Waals surface area contributed by atoms with Crippen molar-refractivity contribution in [3.05, 3.63) is 29.3 Å². The molecule has 3 unspecified atom stereocenters. The summed E-state index contributed by atoms with van der Waals surface area (Å²) in [5, 5.41) is 13.1. The molecule has 2 aliphatic heterocycles. The van der Waals surface area contributed by atoms with Crippen molar-refractivity contribution in [3.8, 4) is 0 Å². The number of likely N-dealkylation sites (N-methyl/N-ethyl adjacent to an activating group) is 1. The number of rotatable bonds is 3. The molecule has 0 radical (unpaired) electrons. The number of hydrogen-bond acceptors (Lipinski definition) is 4. The molecule has 2 aliphatic rings. The number of hydrogen-bond donors (Lipinski definition) is 2. The van der Waals surface area contributed by atoms with E-state index >= 15 is 0 Å². The molecule has 2 saturated heterocycles. The normalized spacial score (nSPS) is 27.5. The number of anilines is 1. The topological polar surface area (TPSA) is 72.9 Å². The fourth-order valence-electron chi connectivity index (χ4n) is 3.24. The van der Waals surface area contributed by atoms with Crippen LogP contribution in [-0.4, -0.2) is 60.1 Å². The Kier molecular flexibility index (Phi) is 4.57. The van der Waals surface area contributed by atoms with Gasteiger partial charge in [0, 0.05) is 20.1 Å². The number of aliphatic hydroxyl groups is 1. The summed E-state index contributed by atoms with van der Waals surface area (Å²) in [6.07, 6.45) is 0.455. The van der Waals surface area contributed by atoms with Gasteiger partial charge in [0.25, 0.3) is 0 Å². The number of nitrogens with zero attached hydrogens (tertiary/aromatic N) is 2. The molecular formula is C16H20ClN3O3. The minimum atomic E-state index is -0.503. The Balaban J connectivity index is 1.71. The van der Waals surface area contributed by atoms with Crippen molar-refractivity contribution in [2.24, 2.45) is 0 Å². The van der Waals surface area contributed by atoms with Crippen molar-refractivity contribution < 1.29 is 14.7 Å². The third-order valence-corrected chi connectivity index (χ3v) is 4.86. The molecule has 3 atom stereocenters.